The average molecular weight is 449 g/mol. The van der Waals surface area contributed by atoms with Crippen molar-refractivity contribution in [1.82, 2.24) is 9.97 Å². The number of nitrogens with one attached hydrogen (secondary N) is 3. The maximum absolute atomic E-state index is 11.2. The molecule has 172 valence electrons. The minimum atomic E-state index is -0.108. The van der Waals surface area contributed by atoms with Crippen molar-refractivity contribution in [2.24, 2.45) is 0 Å². The van der Waals surface area contributed by atoms with Crippen LogP contribution in [0.15, 0.2) is 54.7 Å². The van der Waals surface area contributed by atoms with Crippen LogP contribution in [0.4, 0.5) is 28.7 Å². The summed E-state index contributed by atoms with van der Waals surface area (Å²) in [7, 11) is 0. The number of carbonyl (C=O) groups excluding carboxylic acids is 1. The molecule has 9 heteroatoms. The molecule has 1 aliphatic rings. The molecule has 1 aliphatic heterocycles. The highest BCUT2D eigenvalue weighted by molar-refractivity contribution is 5.88. The fraction of sp³-hybridized carbons (Fsp3) is 0.292. The number of nitrogens with zero attached hydrogens (tertiary/aromatic N) is 3. The van der Waals surface area contributed by atoms with Crippen LogP contribution in [-0.2, 0) is 9.53 Å². The van der Waals surface area contributed by atoms with Crippen LogP contribution in [0.3, 0.4) is 0 Å². The summed E-state index contributed by atoms with van der Waals surface area (Å²) in [5, 5.41) is 18.5. The Bertz CT molecular complexity index is 1080. The zero-order valence-electron chi connectivity index (χ0n) is 18.5. The van der Waals surface area contributed by atoms with Gasteiger partial charge in [0.15, 0.2) is 0 Å². The molecular formula is C24H28N6O3. The van der Waals surface area contributed by atoms with Gasteiger partial charge in [-0.2, -0.15) is 0 Å². The van der Waals surface area contributed by atoms with E-state index in [1.807, 2.05) is 36.4 Å². The van der Waals surface area contributed by atoms with Crippen molar-refractivity contribution in [2.75, 3.05) is 60.3 Å². The van der Waals surface area contributed by atoms with E-state index in [0.29, 0.717) is 25.7 Å². The number of morpholine rings is 1. The Hall–Kier alpha value is -3.69. The van der Waals surface area contributed by atoms with E-state index in [4.69, 9.17) is 4.74 Å². The molecule has 1 amide bonds. The van der Waals surface area contributed by atoms with Crippen molar-refractivity contribution >= 4 is 34.6 Å². The highest BCUT2D eigenvalue weighted by atomic mass is 16.5. The summed E-state index contributed by atoms with van der Waals surface area (Å²) < 4.78 is 5.48. The first-order valence-electron chi connectivity index (χ1n) is 10.9. The number of anilines is 5. The Morgan fingerprint density at radius 1 is 1.06 bits per heavy atom. The molecule has 0 unspecified atom stereocenters. The summed E-state index contributed by atoms with van der Waals surface area (Å²) in [6.45, 7) is 5.04. The third-order valence-electron chi connectivity index (χ3n) is 5.15. The second-order valence-corrected chi connectivity index (χ2v) is 7.67. The Morgan fingerprint density at radius 3 is 2.55 bits per heavy atom. The maximum Gasteiger partial charge on any atom is 0.227 e. The molecule has 9 nitrogen and oxygen atoms in total. The predicted molar refractivity (Wildman–Crippen MR) is 130 cm³/mol. The molecule has 0 radical (unpaired) electrons. The third kappa shape index (κ3) is 6.18. The smallest absolute Gasteiger partial charge is 0.227 e. The van der Waals surface area contributed by atoms with Crippen LogP contribution < -0.4 is 20.9 Å². The summed E-state index contributed by atoms with van der Waals surface area (Å²) in [6.07, 6.45) is 1.71. The molecule has 33 heavy (non-hydrogen) atoms. The molecule has 4 N–H and O–H groups in total. The van der Waals surface area contributed by atoms with E-state index in [9.17, 15) is 9.90 Å². The molecule has 4 rings (SSSR count). The Labute approximate surface area is 192 Å². The SMILES string of the molecule is CC(=O)Nc1ccc(-c2ccnc(Nc3cc(NCCO)cc(N4CCOCC4)c3)n2)cc1. The zero-order chi connectivity index (χ0) is 23.0. The number of amides is 1. The molecule has 2 heterocycles. The second-order valence-electron chi connectivity index (χ2n) is 7.67. The van der Waals surface area contributed by atoms with Gasteiger partial charge in [-0.15, -0.1) is 0 Å². The fourth-order valence-corrected chi connectivity index (χ4v) is 3.63. The lowest BCUT2D eigenvalue weighted by atomic mass is 10.1. The van der Waals surface area contributed by atoms with Crippen LogP contribution in [-0.4, -0.2) is 60.4 Å². The standard InChI is InChI=1S/C24H28N6O3/c1-17(32)27-19-4-2-18(3-5-19)23-6-7-26-24(29-23)28-21-14-20(25-8-11-31)15-22(16-21)30-9-12-33-13-10-30/h2-7,14-16,25,31H,8-13H2,1H3,(H,27,32)(H,26,28,29). The van der Waals surface area contributed by atoms with Gasteiger partial charge in [0, 0.05) is 61.1 Å². The maximum atomic E-state index is 11.2. The van der Waals surface area contributed by atoms with Gasteiger partial charge < -0.3 is 30.7 Å². The van der Waals surface area contributed by atoms with Gasteiger partial charge in [0.25, 0.3) is 0 Å². The van der Waals surface area contributed by atoms with Gasteiger partial charge in [-0.1, -0.05) is 12.1 Å². The number of carbonyl (C=O) groups is 1. The first-order valence-corrected chi connectivity index (χ1v) is 10.9. The van der Waals surface area contributed by atoms with Crippen LogP contribution in [0, 0.1) is 0 Å². The van der Waals surface area contributed by atoms with Gasteiger partial charge >= 0.3 is 0 Å². The summed E-state index contributed by atoms with van der Waals surface area (Å²) in [4.78, 5) is 22.5. The van der Waals surface area contributed by atoms with Gasteiger partial charge in [0.2, 0.25) is 11.9 Å². The minimum Gasteiger partial charge on any atom is -0.395 e. The first kappa shape index (κ1) is 22.5. The van der Waals surface area contributed by atoms with Gasteiger partial charge in [0.1, 0.15) is 0 Å². The van der Waals surface area contributed by atoms with Crippen molar-refractivity contribution in [3.63, 3.8) is 0 Å². The van der Waals surface area contributed by atoms with Gasteiger partial charge in [0.05, 0.1) is 25.5 Å². The van der Waals surface area contributed by atoms with Crippen molar-refractivity contribution in [3.05, 3.63) is 54.7 Å². The highest BCUT2D eigenvalue weighted by Crippen LogP contribution is 2.28. The summed E-state index contributed by atoms with van der Waals surface area (Å²) >= 11 is 0. The number of hydrogen-bond donors (Lipinski definition) is 4. The monoisotopic (exact) mass is 448 g/mol. The van der Waals surface area contributed by atoms with E-state index in [-0.39, 0.29) is 12.5 Å². The lowest BCUT2D eigenvalue weighted by molar-refractivity contribution is -0.114. The second kappa shape index (κ2) is 10.8. The van der Waals surface area contributed by atoms with E-state index < -0.39 is 0 Å². The topological polar surface area (TPSA) is 112 Å². The number of benzene rings is 2. The van der Waals surface area contributed by atoms with Crippen molar-refractivity contribution in [3.8, 4) is 11.3 Å². The zero-order valence-corrected chi connectivity index (χ0v) is 18.5. The molecule has 2 aromatic carbocycles. The van der Waals surface area contributed by atoms with Gasteiger partial charge in [-0.05, 0) is 36.4 Å². The molecule has 0 spiro atoms. The fourth-order valence-electron chi connectivity index (χ4n) is 3.63. The molecule has 1 saturated heterocycles. The van der Waals surface area contributed by atoms with Crippen LogP contribution in [0.25, 0.3) is 11.3 Å². The minimum absolute atomic E-state index is 0.0520. The number of aliphatic hydroxyl groups excluding tert-OH is 1. The average Bonchev–Trinajstić information content (AvgIpc) is 2.83. The quantitative estimate of drug-likeness (QED) is 0.416. The Morgan fingerprint density at radius 2 is 1.82 bits per heavy atom. The Balaban J connectivity index is 1.56. The summed E-state index contributed by atoms with van der Waals surface area (Å²) in [5.41, 5.74) is 5.24. The number of aliphatic hydroxyl groups is 1. The van der Waals surface area contributed by atoms with Crippen molar-refractivity contribution in [2.45, 2.75) is 6.92 Å². The molecule has 1 fully saturated rings. The summed E-state index contributed by atoms with van der Waals surface area (Å²) in [5.74, 6) is 0.370. The molecule has 1 aromatic heterocycles. The number of rotatable bonds is 8. The Kier molecular flexibility index (Phi) is 7.33. The lowest BCUT2D eigenvalue weighted by Crippen LogP contribution is -2.36. The molecule has 3 aromatic rings. The first-order chi connectivity index (χ1) is 16.1. The van der Waals surface area contributed by atoms with Crippen LogP contribution in [0.5, 0.6) is 0 Å². The molecular weight excluding hydrogens is 420 g/mol. The van der Waals surface area contributed by atoms with E-state index >= 15 is 0 Å². The molecule has 0 atom stereocenters. The summed E-state index contributed by atoms with van der Waals surface area (Å²) in [6, 6.07) is 15.5. The molecule has 0 saturated carbocycles. The largest absolute Gasteiger partial charge is 0.395 e. The van der Waals surface area contributed by atoms with Gasteiger partial charge in [-0.3, -0.25) is 4.79 Å². The molecule has 0 bridgehead atoms. The van der Waals surface area contributed by atoms with E-state index in [1.54, 1.807) is 6.20 Å². The van der Waals surface area contributed by atoms with Crippen molar-refractivity contribution in [1.29, 1.82) is 0 Å². The van der Waals surface area contributed by atoms with Crippen LogP contribution in [0.2, 0.25) is 0 Å². The molecule has 0 aliphatic carbocycles. The number of hydrogen-bond acceptors (Lipinski definition) is 8. The third-order valence-corrected chi connectivity index (χ3v) is 5.15. The van der Waals surface area contributed by atoms with E-state index in [0.717, 1.165) is 47.1 Å². The van der Waals surface area contributed by atoms with Crippen LogP contribution in [0.1, 0.15) is 6.92 Å². The lowest BCUT2D eigenvalue weighted by Gasteiger charge is -2.29. The van der Waals surface area contributed by atoms with Crippen LogP contribution >= 0.6 is 0 Å². The van der Waals surface area contributed by atoms with E-state index in [2.05, 4.69) is 43.0 Å². The number of aromatic nitrogens is 2. The predicted octanol–water partition coefficient (Wildman–Crippen LogP) is 3.09. The number of ether oxygens (including phenoxy) is 1. The van der Waals surface area contributed by atoms with Crippen molar-refractivity contribution < 1.29 is 14.6 Å². The normalized spacial score (nSPS) is 13.5. The highest BCUT2D eigenvalue weighted by Gasteiger charge is 2.14. The van der Waals surface area contributed by atoms with E-state index in [1.165, 1.54) is 6.92 Å². The van der Waals surface area contributed by atoms with Gasteiger partial charge in [-0.25, -0.2) is 9.97 Å².